The van der Waals surface area contributed by atoms with Crippen LogP contribution in [0.2, 0.25) is 0 Å². The minimum Gasteiger partial charge on any atom is -0.427 e. The number of carbonyl (C=O) groups excluding carboxylic acids is 2. The lowest BCUT2D eigenvalue weighted by molar-refractivity contribution is -0.129. The molecule has 148 valence electrons. The maximum atomic E-state index is 12.4. The van der Waals surface area contributed by atoms with E-state index in [1.807, 2.05) is 18.2 Å². The predicted octanol–water partition coefficient (Wildman–Crippen LogP) is 2.48. The van der Waals surface area contributed by atoms with Gasteiger partial charge in [0.2, 0.25) is 5.91 Å². The molecule has 0 atom stereocenters. The second kappa shape index (κ2) is 9.35. The summed E-state index contributed by atoms with van der Waals surface area (Å²) in [5.74, 6) is -0.108. The van der Waals surface area contributed by atoms with Crippen LogP contribution < -0.4 is 10.9 Å². The van der Waals surface area contributed by atoms with Crippen LogP contribution in [-0.2, 0) is 17.6 Å². The topological polar surface area (TPSA) is 79.6 Å². The Morgan fingerprint density at radius 3 is 2.50 bits per heavy atom. The maximum absolute atomic E-state index is 12.4. The van der Waals surface area contributed by atoms with Gasteiger partial charge in [-0.3, -0.25) is 9.59 Å². The van der Waals surface area contributed by atoms with Crippen molar-refractivity contribution in [3.8, 4) is 0 Å². The van der Waals surface area contributed by atoms with E-state index < -0.39 is 11.5 Å². The first-order valence-corrected chi connectivity index (χ1v) is 9.78. The summed E-state index contributed by atoms with van der Waals surface area (Å²) in [6.07, 6.45) is 4.36. The van der Waals surface area contributed by atoms with Crippen LogP contribution in [0.25, 0.3) is 0 Å². The van der Waals surface area contributed by atoms with Gasteiger partial charge in [-0.1, -0.05) is 30.3 Å². The molecule has 1 fully saturated rings. The van der Waals surface area contributed by atoms with E-state index in [-0.39, 0.29) is 18.0 Å². The van der Waals surface area contributed by atoms with Crippen LogP contribution in [0, 0.1) is 6.92 Å². The highest BCUT2D eigenvalue weighted by Crippen LogP contribution is 2.11. The standard InChI is InChI=1S/C22H26N2O4/c1-16-14-18(11-7-10-17-8-3-2-4-9-17)28-22(27)20(16)21(26)23-15-19(25)24-12-5-6-13-24/h2-4,8-9,14H,5-7,10-13,15H2,1H3,(H,23,26). The minimum atomic E-state index is -0.652. The number of amides is 2. The molecule has 1 N–H and O–H groups in total. The molecule has 2 aromatic rings. The van der Waals surface area contributed by atoms with Gasteiger partial charge in [-0.05, 0) is 49.8 Å². The van der Waals surface area contributed by atoms with E-state index >= 15 is 0 Å². The van der Waals surface area contributed by atoms with E-state index in [0.29, 0.717) is 17.7 Å². The summed E-state index contributed by atoms with van der Waals surface area (Å²) in [4.78, 5) is 38.5. The van der Waals surface area contributed by atoms with E-state index in [9.17, 15) is 14.4 Å². The Morgan fingerprint density at radius 2 is 1.82 bits per heavy atom. The molecule has 3 rings (SSSR count). The molecule has 0 radical (unpaired) electrons. The van der Waals surface area contributed by atoms with Gasteiger partial charge in [0, 0.05) is 19.5 Å². The van der Waals surface area contributed by atoms with Gasteiger partial charge in [0.05, 0.1) is 6.54 Å². The van der Waals surface area contributed by atoms with Crippen molar-refractivity contribution < 1.29 is 14.0 Å². The summed E-state index contributed by atoms with van der Waals surface area (Å²) in [6, 6.07) is 11.9. The van der Waals surface area contributed by atoms with Crippen LogP contribution in [0.4, 0.5) is 0 Å². The van der Waals surface area contributed by atoms with Gasteiger partial charge < -0.3 is 14.6 Å². The molecule has 1 aliphatic rings. The normalized spacial score (nSPS) is 13.5. The van der Waals surface area contributed by atoms with Crippen molar-refractivity contribution in [1.82, 2.24) is 10.2 Å². The zero-order valence-electron chi connectivity index (χ0n) is 16.2. The van der Waals surface area contributed by atoms with E-state index in [1.54, 1.807) is 17.9 Å². The number of hydrogen-bond donors (Lipinski definition) is 1. The van der Waals surface area contributed by atoms with Crippen molar-refractivity contribution in [2.75, 3.05) is 19.6 Å². The number of likely N-dealkylation sites (tertiary alicyclic amines) is 1. The predicted molar refractivity (Wildman–Crippen MR) is 106 cm³/mol. The van der Waals surface area contributed by atoms with Gasteiger partial charge in [-0.15, -0.1) is 0 Å². The summed E-state index contributed by atoms with van der Waals surface area (Å²) in [5, 5.41) is 2.55. The summed E-state index contributed by atoms with van der Waals surface area (Å²) in [6.45, 7) is 3.08. The average Bonchev–Trinajstić information content (AvgIpc) is 3.21. The van der Waals surface area contributed by atoms with Crippen molar-refractivity contribution >= 4 is 11.8 Å². The van der Waals surface area contributed by atoms with Crippen molar-refractivity contribution in [2.24, 2.45) is 0 Å². The van der Waals surface area contributed by atoms with Crippen molar-refractivity contribution in [2.45, 2.75) is 39.0 Å². The molecule has 0 bridgehead atoms. The molecule has 1 aromatic carbocycles. The lowest BCUT2D eigenvalue weighted by Crippen LogP contribution is -2.40. The van der Waals surface area contributed by atoms with Gasteiger partial charge in [0.25, 0.3) is 5.91 Å². The van der Waals surface area contributed by atoms with Gasteiger partial charge in [-0.2, -0.15) is 0 Å². The van der Waals surface area contributed by atoms with Crippen molar-refractivity contribution in [3.63, 3.8) is 0 Å². The van der Waals surface area contributed by atoms with Crippen LogP contribution in [0.15, 0.2) is 45.6 Å². The Labute approximate surface area is 164 Å². The molecule has 1 aromatic heterocycles. The molecule has 2 heterocycles. The highest BCUT2D eigenvalue weighted by Gasteiger charge is 2.21. The summed E-state index contributed by atoms with van der Waals surface area (Å²) >= 11 is 0. The number of nitrogens with zero attached hydrogens (tertiary/aromatic N) is 1. The Kier molecular flexibility index (Phi) is 6.63. The molecule has 1 saturated heterocycles. The van der Waals surface area contributed by atoms with Crippen LogP contribution in [0.5, 0.6) is 0 Å². The van der Waals surface area contributed by atoms with Crippen LogP contribution in [0.3, 0.4) is 0 Å². The third-order valence-corrected chi connectivity index (χ3v) is 5.02. The smallest absolute Gasteiger partial charge is 0.349 e. The summed E-state index contributed by atoms with van der Waals surface area (Å²) in [5.41, 5.74) is 1.12. The van der Waals surface area contributed by atoms with E-state index in [4.69, 9.17) is 4.42 Å². The molecule has 6 nitrogen and oxygen atoms in total. The van der Waals surface area contributed by atoms with Gasteiger partial charge in [-0.25, -0.2) is 4.79 Å². The fourth-order valence-electron chi connectivity index (χ4n) is 3.50. The molecule has 6 heteroatoms. The molecular weight excluding hydrogens is 356 g/mol. The molecule has 0 spiro atoms. The van der Waals surface area contributed by atoms with E-state index in [1.165, 1.54) is 5.56 Å². The van der Waals surface area contributed by atoms with Gasteiger partial charge >= 0.3 is 5.63 Å². The molecule has 2 amide bonds. The van der Waals surface area contributed by atoms with Gasteiger partial charge in [0.1, 0.15) is 11.3 Å². The third kappa shape index (κ3) is 5.09. The second-order valence-electron chi connectivity index (χ2n) is 7.17. The lowest BCUT2D eigenvalue weighted by Gasteiger charge is -2.15. The fourth-order valence-corrected chi connectivity index (χ4v) is 3.50. The Bertz CT molecular complexity index is 883. The number of aryl methyl sites for hydroxylation is 3. The van der Waals surface area contributed by atoms with Crippen LogP contribution >= 0.6 is 0 Å². The zero-order chi connectivity index (χ0) is 19.9. The number of rotatable bonds is 7. The Balaban J connectivity index is 1.57. The molecule has 1 aliphatic heterocycles. The Morgan fingerprint density at radius 1 is 1.11 bits per heavy atom. The number of benzene rings is 1. The molecular formula is C22H26N2O4. The third-order valence-electron chi connectivity index (χ3n) is 5.02. The lowest BCUT2D eigenvalue weighted by atomic mass is 10.1. The zero-order valence-corrected chi connectivity index (χ0v) is 16.2. The summed E-state index contributed by atoms with van der Waals surface area (Å²) < 4.78 is 5.34. The quantitative estimate of drug-likeness (QED) is 0.798. The molecule has 0 saturated carbocycles. The van der Waals surface area contributed by atoms with E-state index in [2.05, 4.69) is 17.4 Å². The van der Waals surface area contributed by atoms with Crippen molar-refractivity contribution in [3.05, 3.63) is 69.3 Å². The monoisotopic (exact) mass is 382 g/mol. The SMILES string of the molecule is Cc1cc(CCCc2ccccc2)oc(=O)c1C(=O)NCC(=O)N1CCCC1. The first-order valence-electron chi connectivity index (χ1n) is 9.78. The number of hydrogen-bond acceptors (Lipinski definition) is 4. The first kappa shape index (κ1) is 19.9. The summed E-state index contributed by atoms with van der Waals surface area (Å²) in [7, 11) is 0. The Hall–Kier alpha value is -2.89. The number of carbonyl (C=O) groups is 2. The largest absolute Gasteiger partial charge is 0.427 e. The fraction of sp³-hybridized carbons (Fsp3) is 0.409. The van der Waals surface area contributed by atoms with Crippen LogP contribution in [-0.4, -0.2) is 36.3 Å². The van der Waals surface area contributed by atoms with Gasteiger partial charge in [0.15, 0.2) is 0 Å². The number of nitrogens with one attached hydrogen (secondary N) is 1. The minimum absolute atomic E-state index is 0.0268. The van der Waals surface area contributed by atoms with Crippen molar-refractivity contribution in [1.29, 1.82) is 0 Å². The average molecular weight is 382 g/mol. The highest BCUT2D eigenvalue weighted by molar-refractivity contribution is 5.97. The molecule has 28 heavy (non-hydrogen) atoms. The molecule has 0 aliphatic carbocycles. The first-order chi connectivity index (χ1) is 13.5. The van der Waals surface area contributed by atoms with E-state index in [0.717, 1.165) is 38.8 Å². The molecule has 0 unspecified atom stereocenters. The maximum Gasteiger partial charge on any atom is 0.349 e. The second-order valence-corrected chi connectivity index (χ2v) is 7.17. The highest BCUT2D eigenvalue weighted by atomic mass is 16.4. The van der Waals surface area contributed by atoms with Crippen LogP contribution in [0.1, 0.15) is 46.5 Å².